The van der Waals surface area contributed by atoms with Crippen LogP contribution in [0.4, 0.5) is 4.79 Å². The Morgan fingerprint density at radius 2 is 1.60 bits per heavy atom. The second-order valence-electron chi connectivity index (χ2n) is 6.76. The highest BCUT2D eigenvalue weighted by Crippen LogP contribution is 2.20. The molecule has 1 aromatic heterocycles. The van der Waals surface area contributed by atoms with Crippen LogP contribution in [0, 0.1) is 0 Å². The van der Waals surface area contributed by atoms with Gasteiger partial charge in [-0.3, -0.25) is 4.98 Å². The van der Waals surface area contributed by atoms with Gasteiger partial charge in [-0.1, -0.05) is 68.5 Å². The van der Waals surface area contributed by atoms with E-state index in [1.54, 1.807) is 6.20 Å². The van der Waals surface area contributed by atoms with Gasteiger partial charge in [-0.2, -0.15) is 0 Å². The van der Waals surface area contributed by atoms with Gasteiger partial charge in [0.25, 0.3) is 0 Å². The molecule has 4 heteroatoms. The van der Waals surface area contributed by atoms with Crippen molar-refractivity contribution in [2.24, 2.45) is 0 Å². The van der Waals surface area contributed by atoms with E-state index >= 15 is 0 Å². The molecule has 0 saturated heterocycles. The zero-order chi connectivity index (χ0) is 17.3. The van der Waals surface area contributed by atoms with Crippen molar-refractivity contribution in [2.75, 3.05) is 0 Å². The molecule has 2 amide bonds. The summed E-state index contributed by atoms with van der Waals surface area (Å²) >= 11 is 0. The van der Waals surface area contributed by atoms with Crippen molar-refractivity contribution in [1.29, 1.82) is 0 Å². The molecular weight excluding hydrogens is 310 g/mol. The van der Waals surface area contributed by atoms with Crippen molar-refractivity contribution >= 4 is 6.03 Å². The van der Waals surface area contributed by atoms with Crippen LogP contribution in [-0.2, 0) is 0 Å². The van der Waals surface area contributed by atoms with E-state index in [0.717, 1.165) is 24.1 Å². The summed E-state index contributed by atoms with van der Waals surface area (Å²) in [5.74, 6) is 0. The quantitative estimate of drug-likeness (QED) is 0.858. The zero-order valence-electron chi connectivity index (χ0n) is 14.7. The van der Waals surface area contributed by atoms with Gasteiger partial charge in [0.15, 0.2) is 0 Å². The summed E-state index contributed by atoms with van der Waals surface area (Å²) in [6, 6.07) is 15.7. The predicted molar refractivity (Wildman–Crippen MR) is 100 cm³/mol. The molecule has 1 aromatic carbocycles. The topological polar surface area (TPSA) is 54.0 Å². The maximum absolute atomic E-state index is 12.6. The van der Waals surface area contributed by atoms with Crippen molar-refractivity contribution in [3.8, 4) is 0 Å². The Morgan fingerprint density at radius 3 is 2.28 bits per heavy atom. The molecule has 0 spiro atoms. The molecule has 132 valence electrons. The van der Waals surface area contributed by atoms with Gasteiger partial charge in [0, 0.05) is 12.2 Å². The molecule has 1 heterocycles. The number of benzene rings is 1. The van der Waals surface area contributed by atoms with Gasteiger partial charge in [0.2, 0.25) is 0 Å². The van der Waals surface area contributed by atoms with E-state index in [9.17, 15) is 4.79 Å². The Morgan fingerprint density at radius 1 is 0.920 bits per heavy atom. The number of nitrogens with one attached hydrogen (secondary N) is 2. The number of carbonyl (C=O) groups is 1. The highest BCUT2D eigenvalue weighted by molar-refractivity contribution is 5.75. The standard InChI is InChI=1S/C21H27N3O/c25-21(23-18-13-7-2-1-3-8-14-18)24-20(17-11-5-4-6-12-17)19-15-9-10-16-22-19/h4-6,9-12,15-16,18,20H,1-3,7-8,13-14H2,(H2,23,24,25)/t20-/m0/s1. The molecule has 1 atom stereocenters. The first-order chi connectivity index (χ1) is 12.3. The van der Waals surface area contributed by atoms with Gasteiger partial charge in [-0.05, 0) is 30.5 Å². The highest BCUT2D eigenvalue weighted by Gasteiger charge is 2.20. The average Bonchev–Trinajstić information content (AvgIpc) is 2.63. The van der Waals surface area contributed by atoms with Gasteiger partial charge in [-0.15, -0.1) is 0 Å². The van der Waals surface area contributed by atoms with Crippen LogP contribution >= 0.6 is 0 Å². The largest absolute Gasteiger partial charge is 0.335 e. The number of aromatic nitrogens is 1. The number of urea groups is 1. The normalized spacial score (nSPS) is 17.1. The summed E-state index contributed by atoms with van der Waals surface area (Å²) in [6.07, 6.45) is 10.2. The Hall–Kier alpha value is -2.36. The van der Waals surface area contributed by atoms with E-state index < -0.39 is 0 Å². The fourth-order valence-electron chi connectivity index (χ4n) is 3.48. The predicted octanol–water partition coefficient (Wildman–Crippen LogP) is 4.58. The van der Waals surface area contributed by atoms with Crippen LogP contribution in [0.3, 0.4) is 0 Å². The molecule has 2 N–H and O–H groups in total. The lowest BCUT2D eigenvalue weighted by Crippen LogP contribution is -2.44. The van der Waals surface area contributed by atoms with Crippen LogP contribution in [0.15, 0.2) is 54.7 Å². The third kappa shape index (κ3) is 5.31. The van der Waals surface area contributed by atoms with Gasteiger partial charge < -0.3 is 10.6 Å². The first kappa shape index (κ1) is 17.5. The fraction of sp³-hybridized carbons (Fsp3) is 0.429. The van der Waals surface area contributed by atoms with Gasteiger partial charge in [0.1, 0.15) is 0 Å². The van der Waals surface area contributed by atoms with Crippen LogP contribution < -0.4 is 10.6 Å². The molecule has 0 unspecified atom stereocenters. The van der Waals surface area contributed by atoms with Gasteiger partial charge >= 0.3 is 6.03 Å². The molecule has 0 aliphatic heterocycles. The number of amides is 2. The average molecular weight is 337 g/mol. The third-order valence-corrected chi connectivity index (χ3v) is 4.83. The molecule has 0 radical (unpaired) electrons. The SMILES string of the molecule is O=C(NC1CCCCCCC1)N[C@@H](c1ccccc1)c1ccccn1. The summed E-state index contributed by atoms with van der Waals surface area (Å²) in [5, 5.41) is 6.30. The first-order valence-electron chi connectivity index (χ1n) is 9.36. The lowest BCUT2D eigenvalue weighted by atomic mass is 9.97. The van der Waals surface area contributed by atoms with Crippen molar-refractivity contribution in [1.82, 2.24) is 15.6 Å². The summed E-state index contributed by atoms with van der Waals surface area (Å²) in [5.41, 5.74) is 1.88. The van der Waals surface area contributed by atoms with E-state index in [1.807, 2.05) is 48.5 Å². The maximum Gasteiger partial charge on any atom is 0.315 e. The maximum atomic E-state index is 12.6. The van der Waals surface area contributed by atoms with Crippen molar-refractivity contribution < 1.29 is 4.79 Å². The summed E-state index contributed by atoms with van der Waals surface area (Å²) in [6.45, 7) is 0. The smallest absolute Gasteiger partial charge is 0.315 e. The van der Waals surface area contributed by atoms with Crippen LogP contribution in [0.5, 0.6) is 0 Å². The van der Waals surface area contributed by atoms with E-state index in [2.05, 4.69) is 15.6 Å². The molecule has 3 rings (SSSR count). The van der Waals surface area contributed by atoms with E-state index in [-0.39, 0.29) is 18.1 Å². The van der Waals surface area contributed by atoms with Crippen LogP contribution in [0.1, 0.15) is 62.2 Å². The molecule has 2 aromatic rings. The summed E-state index contributed by atoms with van der Waals surface area (Å²) < 4.78 is 0. The van der Waals surface area contributed by atoms with E-state index in [1.165, 1.54) is 32.1 Å². The first-order valence-corrected chi connectivity index (χ1v) is 9.36. The Labute approximate surface area is 150 Å². The van der Waals surface area contributed by atoms with Crippen molar-refractivity contribution in [3.63, 3.8) is 0 Å². The monoisotopic (exact) mass is 337 g/mol. The number of hydrogen-bond donors (Lipinski definition) is 2. The van der Waals surface area contributed by atoms with Crippen LogP contribution in [0.2, 0.25) is 0 Å². The zero-order valence-corrected chi connectivity index (χ0v) is 14.7. The molecule has 4 nitrogen and oxygen atoms in total. The van der Waals surface area contributed by atoms with Gasteiger partial charge in [0.05, 0.1) is 11.7 Å². The summed E-state index contributed by atoms with van der Waals surface area (Å²) in [4.78, 5) is 17.1. The third-order valence-electron chi connectivity index (χ3n) is 4.83. The molecule has 1 aliphatic carbocycles. The molecular formula is C21H27N3O. The number of pyridine rings is 1. The molecule has 25 heavy (non-hydrogen) atoms. The number of carbonyl (C=O) groups excluding carboxylic acids is 1. The minimum absolute atomic E-state index is 0.106. The molecule has 1 fully saturated rings. The number of nitrogens with zero attached hydrogens (tertiary/aromatic N) is 1. The number of rotatable bonds is 4. The molecule has 0 bridgehead atoms. The fourth-order valence-corrected chi connectivity index (χ4v) is 3.48. The molecule has 1 saturated carbocycles. The van der Waals surface area contributed by atoms with Crippen LogP contribution in [-0.4, -0.2) is 17.1 Å². The van der Waals surface area contributed by atoms with E-state index in [4.69, 9.17) is 0 Å². The van der Waals surface area contributed by atoms with Gasteiger partial charge in [-0.25, -0.2) is 4.79 Å². The lowest BCUT2D eigenvalue weighted by Gasteiger charge is -2.24. The second kappa shape index (κ2) is 9.21. The van der Waals surface area contributed by atoms with Crippen molar-refractivity contribution in [3.05, 3.63) is 66.0 Å². The number of hydrogen-bond acceptors (Lipinski definition) is 2. The molecule has 1 aliphatic rings. The Bertz CT molecular complexity index is 597. The summed E-state index contributed by atoms with van der Waals surface area (Å²) in [7, 11) is 0. The Balaban J connectivity index is 1.68. The van der Waals surface area contributed by atoms with Crippen molar-refractivity contribution in [2.45, 2.75) is 57.0 Å². The second-order valence-corrected chi connectivity index (χ2v) is 6.76. The lowest BCUT2D eigenvalue weighted by molar-refractivity contribution is 0.231. The Kier molecular flexibility index (Phi) is 6.43. The minimum atomic E-state index is -0.240. The van der Waals surface area contributed by atoms with Crippen LogP contribution in [0.25, 0.3) is 0 Å². The minimum Gasteiger partial charge on any atom is -0.335 e. The van der Waals surface area contributed by atoms with E-state index in [0.29, 0.717) is 0 Å². The highest BCUT2D eigenvalue weighted by atomic mass is 16.2.